The molecule has 0 radical (unpaired) electrons. The standard InChI is InChI=1S/C13H23NO3S2/c1-2-19(16,17)13-10-18-8-7-14(13)9-11-5-3-4-6-12(11)15/h11,13H,2-10H2,1H3. The predicted octanol–water partition coefficient (Wildman–Crippen LogP) is 1.56. The summed E-state index contributed by atoms with van der Waals surface area (Å²) in [6.07, 6.45) is 3.71. The number of hydrogen-bond acceptors (Lipinski definition) is 5. The molecule has 19 heavy (non-hydrogen) atoms. The molecule has 2 aliphatic rings. The molecular weight excluding hydrogens is 282 g/mol. The van der Waals surface area contributed by atoms with Gasteiger partial charge in [0.2, 0.25) is 0 Å². The second kappa shape index (κ2) is 6.59. The molecule has 1 aliphatic heterocycles. The first-order chi connectivity index (χ1) is 9.04. The van der Waals surface area contributed by atoms with Gasteiger partial charge in [0.1, 0.15) is 11.2 Å². The van der Waals surface area contributed by atoms with E-state index in [1.54, 1.807) is 18.7 Å². The van der Waals surface area contributed by atoms with Crippen LogP contribution in [0.15, 0.2) is 0 Å². The highest BCUT2D eigenvalue weighted by atomic mass is 32.2. The molecule has 0 aromatic rings. The SMILES string of the molecule is CCS(=O)(=O)C1CSCCN1CC1CCCCC1=O. The Bertz CT molecular complexity index is 422. The van der Waals surface area contributed by atoms with Crippen LogP contribution in [0.1, 0.15) is 32.6 Å². The molecule has 6 heteroatoms. The molecule has 1 saturated heterocycles. The number of nitrogens with zero attached hydrogens (tertiary/aromatic N) is 1. The molecule has 1 aliphatic carbocycles. The van der Waals surface area contributed by atoms with Crippen molar-refractivity contribution in [3.8, 4) is 0 Å². The first-order valence-electron chi connectivity index (χ1n) is 7.10. The van der Waals surface area contributed by atoms with Crippen LogP contribution in [0.5, 0.6) is 0 Å². The maximum Gasteiger partial charge on any atom is 0.166 e. The molecule has 0 amide bonds. The molecule has 4 nitrogen and oxygen atoms in total. The number of hydrogen-bond donors (Lipinski definition) is 0. The molecule has 2 unspecified atom stereocenters. The van der Waals surface area contributed by atoms with Gasteiger partial charge >= 0.3 is 0 Å². The van der Waals surface area contributed by atoms with Crippen LogP contribution in [0.2, 0.25) is 0 Å². The van der Waals surface area contributed by atoms with Gasteiger partial charge in [0, 0.05) is 42.7 Å². The average Bonchev–Trinajstić information content (AvgIpc) is 2.42. The van der Waals surface area contributed by atoms with Crippen molar-refractivity contribution in [3.63, 3.8) is 0 Å². The molecule has 0 aromatic heterocycles. The number of rotatable bonds is 4. The number of thioether (sulfide) groups is 1. The zero-order valence-corrected chi connectivity index (χ0v) is 13.1. The lowest BCUT2D eigenvalue weighted by Gasteiger charge is -2.37. The summed E-state index contributed by atoms with van der Waals surface area (Å²) >= 11 is 1.71. The zero-order valence-electron chi connectivity index (χ0n) is 11.5. The van der Waals surface area contributed by atoms with E-state index in [1.807, 2.05) is 4.90 Å². The number of Topliss-reactive ketones (excluding diaryl/α,β-unsaturated/α-hetero) is 1. The third-order valence-electron chi connectivity index (χ3n) is 4.14. The molecule has 2 fully saturated rings. The number of sulfone groups is 1. The van der Waals surface area contributed by atoms with E-state index in [4.69, 9.17) is 0 Å². The summed E-state index contributed by atoms with van der Waals surface area (Å²) in [5.74, 6) is 2.20. The molecule has 0 aromatic carbocycles. The third kappa shape index (κ3) is 3.73. The van der Waals surface area contributed by atoms with Gasteiger partial charge in [-0.1, -0.05) is 13.3 Å². The van der Waals surface area contributed by atoms with Crippen molar-refractivity contribution < 1.29 is 13.2 Å². The molecule has 2 rings (SSSR count). The van der Waals surface area contributed by atoms with Crippen LogP contribution in [0, 0.1) is 5.92 Å². The molecule has 2 atom stereocenters. The van der Waals surface area contributed by atoms with E-state index in [9.17, 15) is 13.2 Å². The minimum atomic E-state index is -3.04. The van der Waals surface area contributed by atoms with Crippen molar-refractivity contribution in [2.24, 2.45) is 5.92 Å². The average molecular weight is 305 g/mol. The second-order valence-corrected chi connectivity index (χ2v) is 8.98. The van der Waals surface area contributed by atoms with Gasteiger partial charge < -0.3 is 0 Å². The maximum atomic E-state index is 12.1. The van der Waals surface area contributed by atoms with Crippen molar-refractivity contribution >= 4 is 27.4 Å². The van der Waals surface area contributed by atoms with E-state index in [1.165, 1.54) is 0 Å². The fraction of sp³-hybridized carbons (Fsp3) is 0.923. The van der Waals surface area contributed by atoms with E-state index in [0.29, 0.717) is 24.5 Å². The Morgan fingerprint density at radius 1 is 1.37 bits per heavy atom. The predicted molar refractivity (Wildman–Crippen MR) is 79.1 cm³/mol. The van der Waals surface area contributed by atoms with E-state index in [0.717, 1.165) is 31.6 Å². The van der Waals surface area contributed by atoms with E-state index < -0.39 is 9.84 Å². The topological polar surface area (TPSA) is 54.5 Å². The molecular formula is C13H23NO3S2. The third-order valence-corrected chi connectivity index (χ3v) is 7.48. The van der Waals surface area contributed by atoms with Gasteiger partial charge in [-0.15, -0.1) is 0 Å². The summed E-state index contributed by atoms with van der Waals surface area (Å²) in [5, 5.41) is -0.383. The lowest BCUT2D eigenvalue weighted by atomic mass is 9.87. The number of carbonyl (C=O) groups excluding carboxylic acids is 1. The van der Waals surface area contributed by atoms with Crippen LogP contribution in [0.4, 0.5) is 0 Å². The van der Waals surface area contributed by atoms with Crippen LogP contribution >= 0.6 is 11.8 Å². The Morgan fingerprint density at radius 3 is 2.84 bits per heavy atom. The largest absolute Gasteiger partial charge is 0.299 e. The molecule has 0 spiro atoms. The Labute approximate surface area is 120 Å². The van der Waals surface area contributed by atoms with Gasteiger partial charge in [-0.05, 0) is 12.8 Å². The van der Waals surface area contributed by atoms with Crippen molar-refractivity contribution in [3.05, 3.63) is 0 Å². The molecule has 0 bridgehead atoms. The fourth-order valence-corrected chi connectivity index (χ4v) is 5.97. The van der Waals surface area contributed by atoms with Crippen molar-refractivity contribution in [2.75, 3.05) is 30.3 Å². The van der Waals surface area contributed by atoms with Crippen LogP contribution in [0.3, 0.4) is 0 Å². The minimum absolute atomic E-state index is 0.0615. The summed E-state index contributed by atoms with van der Waals surface area (Å²) in [7, 11) is -3.04. The van der Waals surface area contributed by atoms with E-state index in [-0.39, 0.29) is 17.0 Å². The Balaban J connectivity index is 2.05. The van der Waals surface area contributed by atoms with Crippen molar-refractivity contribution in [2.45, 2.75) is 38.0 Å². The van der Waals surface area contributed by atoms with Crippen molar-refractivity contribution in [1.82, 2.24) is 4.90 Å². The van der Waals surface area contributed by atoms with Gasteiger partial charge in [0.25, 0.3) is 0 Å². The van der Waals surface area contributed by atoms with Crippen LogP contribution < -0.4 is 0 Å². The van der Waals surface area contributed by atoms with Crippen LogP contribution in [0.25, 0.3) is 0 Å². The zero-order chi connectivity index (χ0) is 13.9. The summed E-state index contributed by atoms with van der Waals surface area (Å²) in [5.41, 5.74) is 0. The second-order valence-electron chi connectivity index (χ2n) is 5.39. The Kier molecular flexibility index (Phi) is 5.31. The van der Waals surface area contributed by atoms with Crippen molar-refractivity contribution in [1.29, 1.82) is 0 Å². The van der Waals surface area contributed by atoms with E-state index >= 15 is 0 Å². The normalized spacial score (nSPS) is 30.5. The lowest BCUT2D eigenvalue weighted by Crippen LogP contribution is -2.50. The maximum absolute atomic E-state index is 12.1. The molecule has 110 valence electrons. The number of ketones is 1. The van der Waals surface area contributed by atoms with Crippen LogP contribution in [-0.2, 0) is 14.6 Å². The number of carbonyl (C=O) groups is 1. The summed E-state index contributed by atoms with van der Waals surface area (Å²) < 4.78 is 24.3. The van der Waals surface area contributed by atoms with Gasteiger partial charge in [0.15, 0.2) is 9.84 Å². The van der Waals surface area contributed by atoms with Crippen LogP contribution in [-0.4, -0.2) is 54.8 Å². The lowest BCUT2D eigenvalue weighted by molar-refractivity contribution is -0.125. The van der Waals surface area contributed by atoms with Gasteiger partial charge in [-0.3, -0.25) is 9.69 Å². The highest BCUT2D eigenvalue weighted by molar-refractivity contribution is 8.01. The smallest absolute Gasteiger partial charge is 0.166 e. The molecule has 1 heterocycles. The Morgan fingerprint density at radius 2 is 2.16 bits per heavy atom. The highest BCUT2D eigenvalue weighted by Crippen LogP contribution is 2.26. The molecule has 1 saturated carbocycles. The summed E-state index contributed by atoms with van der Waals surface area (Å²) in [6.45, 7) is 3.14. The fourth-order valence-electron chi connectivity index (χ4n) is 2.88. The Hall–Kier alpha value is -0.0700. The van der Waals surface area contributed by atoms with Gasteiger partial charge in [-0.2, -0.15) is 11.8 Å². The quantitative estimate of drug-likeness (QED) is 0.789. The summed E-state index contributed by atoms with van der Waals surface area (Å²) in [4.78, 5) is 14.0. The summed E-state index contributed by atoms with van der Waals surface area (Å²) in [6, 6.07) is 0. The first kappa shape index (κ1) is 15.3. The van der Waals surface area contributed by atoms with E-state index in [2.05, 4.69) is 0 Å². The monoisotopic (exact) mass is 305 g/mol. The first-order valence-corrected chi connectivity index (χ1v) is 9.97. The van der Waals surface area contributed by atoms with Gasteiger partial charge in [0.05, 0.1) is 0 Å². The molecule has 0 N–H and O–H groups in total. The van der Waals surface area contributed by atoms with Gasteiger partial charge in [-0.25, -0.2) is 8.42 Å². The minimum Gasteiger partial charge on any atom is -0.299 e. The highest BCUT2D eigenvalue weighted by Gasteiger charge is 2.35.